The lowest BCUT2D eigenvalue weighted by Crippen LogP contribution is -2.12. The molecule has 2 rings (SSSR count). The highest BCUT2D eigenvalue weighted by Crippen LogP contribution is 2.17. The number of halogens is 1. The SMILES string of the molecule is CCC(C)Oc1nnc2cc(Cl)ccc2n1. The quantitative estimate of drug-likeness (QED) is 0.824. The number of fused-ring (bicyclic) bond motifs is 1. The first-order valence-electron chi connectivity index (χ1n) is 5.15. The van der Waals surface area contributed by atoms with Gasteiger partial charge in [-0.3, -0.25) is 0 Å². The monoisotopic (exact) mass is 237 g/mol. The normalized spacial score (nSPS) is 12.7. The number of ether oxygens (including phenoxy) is 1. The van der Waals surface area contributed by atoms with Crippen molar-refractivity contribution < 1.29 is 4.74 Å². The minimum absolute atomic E-state index is 0.0894. The number of rotatable bonds is 3. The van der Waals surface area contributed by atoms with Crippen LogP contribution in [0, 0.1) is 0 Å². The minimum atomic E-state index is 0.0894. The lowest BCUT2D eigenvalue weighted by Gasteiger charge is -2.09. The van der Waals surface area contributed by atoms with E-state index >= 15 is 0 Å². The molecule has 1 heterocycles. The number of benzene rings is 1. The second kappa shape index (κ2) is 4.61. The predicted octanol–water partition coefficient (Wildman–Crippen LogP) is 2.86. The highest BCUT2D eigenvalue weighted by Gasteiger charge is 2.06. The fourth-order valence-electron chi connectivity index (χ4n) is 1.21. The molecule has 0 radical (unpaired) electrons. The molecular formula is C11H12ClN3O. The summed E-state index contributed by atoms with van der Waals surface area (Å²) in [5, 5.41) is 8.53. The Kier molecular flexibility index (Phi) is 3.19. The lowest BCUT2D eigenvalue weighted by atomic mass is 10.3. The predicted molar refractivity (Wildman–Crippen MR) is 62.7 cm³/mol. The van der Waals surface area contributed by atoms with E-state index in [1.54, 1.807) is 18.2 Å². The first-order valence-corrected chi connectivity index (χ1v) is 5.53. The Balaban J connectivity index is 2.33. The fraction of sp³-hybridized carbons (Fsp3) is 0.364. The Morgan fingerprint density at radius 1 is 1.31 bits per heavy atom. The molecule has 0 bridgehead atoms. The van der Waals surface area contributed by atoms with Crippen molar-refractivity contribution in [3.8, 4) is 6.01 Å². The van der Waals surface area contributed by atoms with Crippen LogP contribution in [0.15, 0.2) is 18.2 Å². The van der Waals surface area contributed by atoms with E-state index in [2.05, 4.69) is 15.2 Å². The standard InChI is InChI=1S/C11H12ClN3O/c1-3-7(2)16-11-13-9-5-4-8(12)6-10(9)14-15-11/h4-7H,3H2,1-2H3. The molecule has 84 valence electrons. The molecule has 1 atom stereocenters. The van der Waals surface area contributed by atoms with Crippen molar-refractivity contribution in [2.24, 2.45) is 0 Å². The van der Waals surface area contributed by atoms with Gasteiger partial charge in [-0.1, -0.05) is 23.6 Å². The van der Waals surface area contributed by atoms with Crippen molar-refractivity contribution in [2.45, 2.75) is 26.4 Å². The van der Waals surface area contributed by atoms with Gasteiger partial charge in [0.15, 0.2) is 0 Å². The smallest absolute Gasteiger partial charge is 0.336 e. The van der Waals surface area contributed by atoms with Crippen LogP contribution in [0.5, 0.6) is 6.01 Å². The average molecular weight is 238 g/mol. The van der Waals surface area contributed by atoms with E-state index in [9.17, 15) is 0 Å². The maximum Gasteiger partial charge on any atom is 0.336 e. The van der Waals surface area contributed by atoms with Crippen LogP contribution in [-0.2, 0) is 0 Å². The van der Waals surface area contributed by atoms with E-state index in [1.165, 1.54) is 0 Å². The molecule has 0 aliphatic heterocycles. The summed E-state index contributed by atoms with van der Waals surface area (Å²) >= 11 is 5.84. The fourth-order valence-corrected chi connectivity index (χ4v) is 1.37. The summed E-state index contributed by atoms with van der Waals surface area (Å²) in [4.78, 5) is 4.25. The largest absolute Gasteiger partial charge is 0.459 e. The van der Waals surface area contributed by atoms with Gasteiger partial charge in [-0.25, -0.2) is 0 Å². The van der Waals surface area contributed by atoms with E-state index in [0.29, 0.717) is 16.5 Å². The van der Waals surface area contributed by atoms with Crippen LogP contribution in [0.4, 0.5) is 0 Å². The summed E-state index contributed by atoms with van der Waals surface area (Å²) in [5.74, 6) is 0. The third kappa shape index (κ3) is 2.39. The summed E-state index contributed by atoms with van der Waals surface area (Å²) in [6.07, 6.45) is 0.994. The van der Waals surface area contributed by atoms with E-state index < -0.39 is 0 Å². The molecule has 4 nitrogen and oxygen atoms in total. The van der Waals surface area contributed by atoms with Crippen molar-refractivity contribution in [1.82, 2.24) is 15.2 Å². The Morgan fingerprint density at radius 2 is 2.12 bits per heavy atom. The van der Waals surface area contributed by atoms with Crippen LogP contribution >= 0.6 is 11.6 Å². The molecular weight excluding hydrogens is 226 g/mol. The van der Waals surface area contributed by atoms with Gasteiger partial charge in [0.25, 0.3) is 0 Å². The second-order valence-corrected chi connectivity index (χ2v) is 4.00. The van der Waals surface area contributed by atoms with Crippen LogP contribution in [-0.4, -0.2) is 21.3 Å². The Bertz CT molecular complexity index is 504. The van der Waals surface area contributed by atoms with Crippen LogP contribution in [0.25, 0.3) is 11.0 Å². The van der Waals surface area contributed by atoms with Gasteiger partial charge in [-0.05, 0) is 31.5 Å². The molecule has 0 aliphatic rings. The molecule has 16 heavy (non-hydrogen) atoms. The molecule has 1 aromatic heterocycles. The summed E-state index contributed by atoms with van der Waals surface area (Å²) in [7, 11) is 0. The van der Waals surface area contributed by atoms with Gasteiger partial charge in [-0.2, -0.15) is 4.98 Å². The molecule has 5 heteroatoms. The van der Waals surface area contributed by atoms with Gasteiger partial charge in [0.1, 0.15) is 5.52 Å². The van der Waals surface area contributed by atoms with Gasteiger partial charge >= 0.3 is 6.01 Å². The molecule has 0 saturated heterocycles. The second-order valence-electron chi connectivity index (χ2n) is 3.56. The third-order valence-corrected chi connectivity index (χ3v) is 2.51. The van der Waals surface area contributed by atoms with Crippen LogP contribution in [0.3, 0.4) is 0 Å². The topological polar surface area (TPSA) is 47.9 Å². The number of hydrogen-bond acceptors (Lipinski definition) is 4. The van der Waals surface area contributed by atoms with E-state index in [1.807, 2.05) is 13.8 Å². The van der Waals surface area contributed by atoms with E-state index in [0.717, 1.165) is 11.9 Å². The maximum absolute atomic E-state index is 5.84. The first-order chi connectivity index (χ1) is 7.69. The summed E-state index contributed by atoms with van der Waals surface area (Å²) in [6, 6.07) is 5.61. The highest BCUT2D eigenvalue weighted by atomic mass is 35.5. The van der Waals surface area contributed by atoms with Crippen molar-refractivity contribution in [3.05, 3.63) is 23.2 Å². The summed E-state index contributed by atoms with van der Waals surface area (Å²) in [5.41, 5.74) is 1.40. The minimum Gasteiger partial charge on any atom is -0.459 e. The number of hydrogen-bond donors (Lipinski definition) is 0. The molecule has 1 unspecified atom stereocenters. The van der Waals surface area contributed by atoms with Crippen molar-refractivity contribution in [1.29, 1.82) is 0 Å². The Labute approximate surface area is 98.6 Å². The zero-order chi connectivity index (χ0) is 11.5. The number of aromatic nitrogens is 3. The van der Waals surface area contributed by atoms with Gasteiger partial charge in [0.05, 0.1) is 11.6 Å². The van der Waals surface area contributed by atoms with Crippen LogP contribution < -0.4 is 4.74 Å². The van der Waals surface area contributed by atoms with Gasteiger partial charge in [0, 0.05) is 5.02 Å². The maximum atomic E-state index is 5.84. The van der Waals surface area contributed by atoms with Gasteiger partial charge < -0.3 is 4.74 Å². The molecule has 2 aromatic rings. The molecule has 0 saturated carbocycles. The van der Waals surface area contributed by atoms with E-state index in [-0.39, 0.29) is 6.10 Å². The van der Waals surface area contributed by atoms with Crippen LogP contribution in [0.2, 0.25) is 5.02 Å². The Hall–Kier alpha value is -1.42. The molecule has 0 amide bonds. The zero-order valence-electron chi connectivity index (χ0n) is 9.14. The molecule has 0 aliphatic carbocycles. The first kappa shape index (κ1) is 11.1. The lowest BCUT2D eigenvalue weighted by molar-refractivity contribution is 0.197. The highest BCUT2D eigenvalue weighted by molar-refractivity contribution is 6.31. The van der Waals surface area contributed by atoms with Gasteiger partial charge in [0.2, 0.25) is 0 Å². The van der Waals surface area contributed by atoms with Crippen LogP contribution in [0.1, 0.15) is 20.3 Å². The molecule has 0 fully saturated rings. The molecule has 0 N–H and O–H groups in total. The van der Waals surface area contributed by atoms with Gasteiger partial charge in [-0.15, -0.1) is 5.10 Å². The summed E-state index contributed by atoms with van der Waals surface area (Å²) in [6.45, 7) is 4.01. The molecule has 1 aromatic carbocycles. The van der Waals surface area contributed by atoms with Crippen molar-refractivity contribution in [2.75, 3.05) is 0 Å². The zero-order valence-corrected chi connectivity index (χ0v) is 9.90. The van der Waals surface area contributed by atoms with E-state index in [4.69, 9.17) is 16.3 Å². The average Bonchev–Trinajstić information content (AvgIpc) is 2.29. The molecule has 0 spiro atoms. The summed E-state index contributed by atoms with van der Waals surface area (Å²) < 4.78 is 5.48. The Morgan fingerprint density at radius 3 is 2.88 bits per heavy atom. The van der Waals surface area contributed by atoms with Crippen molar-refractivity contribution in [3.63, 3.8) is 0 Å². The van der Waals surface area contributed by atoms with Crippen molar-refractivity contribution >= 4 is 22.6 Å². The third-order valence-electron chi connectivity index (χ3n) is 2.28. The number of nitrogens with zero attached hydrogens (tertiary/aromatic N) is 3.